The molecule has 7 heteroatoms. The van der Waals surface area contributed by atoms with E-state index < -0.39 is 10.2 Å². The maximum absolute atomic E-state index is 12.0. The fourth-order valence-electron chi connectivity index (χ4n) is 2.54. The first-order valence-electron chi connectivity index (χ1n) is 7.76. The van der Waals surface area contributed by atoms with Gasteiger partial charge in [-0.2, -0.15) is 13.1 Å². The Hall–Kier alpha value is -1.47. The second-order valence-electron chi connectivity index (χ2n) is 5.43. The predicted molar refractivity (Wildman–Crippen MR) is 89.9 cm³/mol. The Morgan fingerprint density at radius 2 is 1.95 bits per heavy atom. The Morgan fingerprint density at radius 1 is 1.23 bits per heavy atom. The number of anilines is 2. The number of benzene rings is 1. The van der Waals surface area contributed by atoms with Gasteiger partial charge in [-0.05, 0) is 43.9 Å². The third-order valence-electron chi connectivity index (χ3n) is 3.69. The van der Waals surface area contributed by atoms with E-state index in [2.05, 4.69) is 14.3 Å². The van der Waals surface area contributed by atoms with E-state index in [4.69, 9.17) is 4.74 Å². The van der Waals surface area contributed by atoms with Crippen molar-refractivity contribution in [2.75, 3.05) is 36.4 Å². The Bertz CT molecular complexity index is 584. The number of methoxy groups -OCH3 is 1. The number of piperidine rings is 1. The van der Waals surface area contributed by atoms with Crippen LogP contribution in [0.15, 0.2) is 18.2 Å². The summed E-state index contributed by atoms with van der Waals surface area (Å²) in [4.78, 5) is 2.28. The van der Waals surface area contributed by atoms with Crippen molar-refractivity contribution in [2.24, 2.45) is 0 Å². The smallest absolute Gasteiger partial charge is 0.299 e. The highest BCUT2D eigenvalue weighted by Gasteiger charge is 2.16. The van der Waals surface area contributed by atoms with Crippen LogP contribution in [0.5, 0.6) is 5.75 Å². The van der Waals surface area contributed by atoms with Gasteiger partial charge in [-0.25, -0.2) is 0 Å². The molecule has 1 aliphatic rings. The van der Waals surface area contributed by atoms with E-state index in [1.165, 1.54) is 26.4 Å². The largest absolute Gasteiger partial charge is 0.495 e. The van der Waals surface area contributed by atoms with Gasteiger partial charge in [0.25, 0.3) is 10.2 Å². The van der Waals surface area contributed by atoms with Crippen molar-refractivity contribution in [3.63, 3.8) is 0 Å². The zero-order valence-electron chi connectivity index (χ0n) is 13.3. The molecule has 0 unspecified atom stereocenters. The second kappa shape index (κ2) is 7.69. The van der Waals surface area contributed by atoms with Crippen LogP contribution in [0.2, 0.25) is 0 Å². The van der Waals surface area contributed by atoms with Gasteiger partial charge >= 0.3 is 0 Å². The standard InChI is InChI=1S/C15H25N3O3S/c1-3-9-16-22(19,20)17-14-12-13(7-8-15(14)21-2)18-10-5-4-6-11-18/h7-8,12,16-17H,3-6,9-11H2,1-2H3. The van der Waals surface area contributed by atoms with Crippen molar-refractivity contribution < 1.29 is 13.2 Å². The minimum Gasteiger partial charge on any atom is -0.495 e. The third kappa shape index (κ3) is 4.51. The van der Waals surface area contributed by atoms with Gasteiger partial charge in [0.15, 0.2) is 0 Å². The van der Waals surface area contributed by atoms with Crippen LogP contribution in [0.25, 0.3) is 0 Å². The molecule has 0 bridgehead atoms. The molecule has 1 saturated heterocycles. The molecule has 1 aliphatic heterocycles. The molecule has 22 heavy (non-hydrogen) atoms. The van der Waals surface area contributed by atoms with Gasteiger partial charge in [0.2, 0.25) is 0 Å². The van der Waals surface area contributed by atoms with E-state index >= 15 is 0 Å². The molecule has 1 heterocycles. The summed E-state index contributed by atoms with van der Waals surface area (Å²) >= 11 is 0. The molecule has 1 aromatic carbocycles. The summed E-state index contributed by atoms with van der Waals surface area (Å²) in [5.74, 6) is 0.516. The fraction of sp³-hybridized carbons (Fsp3) is 0.600. The molecular weight excluding hydrogens is 302 g/mol. The molecule has 2 rings (SSSR count). The van der Waals surface area contributed by atoms with Crippen molar-refractivity contribution >= 4 is 21.6 Å². The lowest BCUT2D eigenvalue weighted by Crippen LogP contribution is -2.31. The van der Waals surface area contributed by atoms with Gasteiger partial charge in [-0.15, -0.1) is 0 Å². The Morgan fingerprint density at radius 3 is 2.59 bits per heavy atom. The molecule has 0 amide bonds. The highest BCUT2D eigenvalue weighted by Crippen LogP contribution is 2.31. The fourth-order valence-corrected chi connectivity index (χ4v) is 3.54. The minimum atomic E-state index is -3.58. The maximum Gasteiger partial charge on any atom is 0.299 e. The number of ether oxygens (including phenoxy) is 1. The Kier molecular flexibility index (Phi) is 5.90. The summed E-state index contributed by atoms with van der Waals surface area (Å²) < 4.78 is 34.4. The monoisotopic (exact) mass is 327 g/mol. The normalized spacial score (nSPS) is 15.6. The molecule has 0 aromatic heterocycles. The molecule has 0 spiro atoms. The number of rotatable bonds is 7. The topological polar surface area (TPSA) is 70.7 Å². The van der Waals surface area contributed by atoms with E-state index in [-0.39, 0.29) is 0 Å². The molecule has 6 nitrogen and oxygen atoms in total. The zero-order valence-corrected chi connectivity index (χ0v) is 14.1. The van der Waals surface area contributed by atoms with Crippen molar-refractivity contribution in [1.29, 1.82) is 0 Å². The highest BCUT2D eigenvalue weighted by atomic mass is 32.2. The van der Waals surface area contributed by atoms with Crippen LogP contribution in [0, 0.1) is 0 Å². The van der Waals surface area contributed by atoms with Crippen molar-refractivity contribution in [3.8, 4) is 5.75 Å². The minimum absolute atomic E-state index is 0.406. The highest BCUT2D eigenvalue weighted by molar-refractivity contribution is 7.90. The van der Waals surface area contributed by atoms with Crippen LogP contribution in [0.1, 0.15) is 32.6 Å². The number of hydrogen-bond donors (Lipinski definition) is 2. The molecular formula is C15H25N3O3S. The first-order chi connectivity index (χ1) is 10.6. The van der Waals surface area contributed by atoms with E-state index in [1.54, 1.807) is 0 Å². The Balaban J connectivity index is 2.20. The maximum atomic E-state index is 12.0. The van der Waals surface area contributed by atoms with Gasteiger partial charge in [0.1, 0.15) is 5.75 Å². The first-order valence-corrected chi connectivity index (χ1v) is 9.24. The van der Waals surface area contributed by atoms with Gasteiger partial charge in [0.05, 0.1) is 12.8 Å². The average Bonchev–Trinajstić information content (AvgIpc) is 2.53. The summed E-state index contributed by atoms with van der Waals surface area (Å²) in [7, 11) is -2.04. The summed E-state index contributed by atoms with van der Waals surface area (Å²) in [6, 6.07) is 5.62. The van der Waals surface area contributed by atoms with E-state index in [1.807, 2.05) is 25.1 Å². The van der Waals surface area contributed by atoms with Crippen LogP contribution in [0.3, 0.4) is 0 Å². The molecule has 0 radical (unpaired) electrons. The van der Waals surface area contributed by atoms with E-state index in [9.17, 15) is 8.42 Å². The van der Waals surface area contributed by atoms with Gasteiger partial charge in [-0.1, -0.05) is 6.92 Å². The Labute approximate surface area is 133 Å². The summed E-state index contributed by atoms with van der Waals surface area (Å²) in [6.45, 7) is 4.34. The predicted octanol–water partition coefficient (Wildman–Crippen LogP) is 2.34. The molecule has 0 saturated carbocycles. The lowest BCUT2D eigenvalue weighted by atomic mass is 10.1. The first kappa shape index (κ1) is 16.9. The van der Waals surface area contributed by atoms with Crippen LogP contribution in [0.4, 0.5) is 11.4 Å². The number of nitrogens with one attached hydrogen (secondary N) is 2. The van der Waals surface area contributed by atoms with Crippen LogP contribution < -0.4 is 19.1 Å². The second-order valence-corrected chi connectivity index (χ2v) is 6.93. The molecule has 124 valence electrons. The quantitative estimate of drug-likeness (QED) is 0.806. The van der Waals surface area contributed by atoms with Crippen molar-refractivity contribution in [3.05, 3.63) is 18.2 Å². The molecule has 0 atom stereocenters. The SMILES string of the molecule is CCCNS(=O)(=O)Nc1cc(N2CCCCC2)ccc1OC. The number of nitrogens with zero attached hydrogens (tertiary/aromatic N) is 1. The average molecular weight is 327 g/mol. The summed E-state index contributed by atoms with van der Waals surface area (Å²) in [6.07, 6.45) is 4.34. The lowest BCUT2D eigenvalue weighted by Gasteiger charge is -2.29. The van der Waals surface area contributed by atoms with Crippen molar-refractivity contribution in [2.45, 2.75) is 32.6 Å². The van der Waals surface area contributed by atoms with Gasteiger partial charge in [-0.3, -0.25) is 4.72 Å². The molecule has 1 aromatic rings. The molecule has 2 N–H and O–H groups in total. The van der Waals surface area contributed by atoms with E-state index in [0.717, 1.165) is 25.2 Å². The zero-order chi connectivity index (χ0) is 16.0. The van der Waals surface area contributed by atoms with Crippen molar-refractivity contribution in [1.82, 2.24) is 4.72 Å². The van der Waals surface area contributed by atoms with Crippen LogP contribution in [-0.2, 0) is 10.2 Å². The van der Waals surface area contributed by atoms with E-state index in [0.29, 0.717) is 18.0 Å². The summed E-state index contributed by atoms with van der Waals surface area (Å²) in [5.41, 5.74) is 1.49. The third-order valence-corrected chi connectivity index (χ3v) is 4.76. The number of hydrogen-bond acceptors (Lipinski definition) is 4. The molecule has 0 aliphatic carbocycles. The summed E-state index contributed by atoms with van der Waals surface area (Å²) in [5, 5.41) is 0. The lowest BCUT2D eigenvalue weighted by molar-refractivity contribution is 0.417. The van der Waals surface area contributed by atoms with Crippen LogP contribution in [-0.4, -0.2) is 35.2 Å². The van der Waals surface area contributed by atoms with Gasteiger partial charge < -0.3 is 9.64 Å². The van der Waals surface area contributed by atoms with Crippen LogP contribution >= 0.6 is 0 Å². The van der Waals surface area contributed by atoms with Gasteiger partial charge in [0, 0.05) is 25.3 Å². The molecule has 1 fully saturated rings.